The van der Waals surface area contributed by atoms with Crippen molar-refractivity contribution in [2.24, 2.45) is 5.73 Å². The molecule has 1 aliphatic rings. The van der Waals surface area contributed by atoms with E-state index in [-0.39, 0.29) is 0 Å². The largest absolute Gasteiger partial charge is 0.330 e. The van der Waals surface area contributed by atoms with Crippen LogP contribution in [0.1, 0.15) is 40.5 Å². The van der Waals surface area contributed by atoms with Crippen molar-refractivity contribution in [2.75, 3.05) is 6.54 Å². The third-order valence-corrected chi connectivity index (χ3v) is 5.29. The minimum atomic E-state index is 0.425. The second kappa shape index (κ2) is 4.03. The molecule has 0 aromatic carbocycles. The molecule has 0 saturated carbocycles. The van der Waals surface area contributed by atoms with E-state index in [9.17, 15) is 0 Å². The van der Waals surface area contributed by atoms with Gasteiger partial charge in [-0.3, -0.25) is 0 Å². The van der Waals surface area contributed by atoms with Crippen molar-refractivity contribution in [1.29, 1.82) is 0 Å². The average molecular weight is 219 g/mol. The molecule has 0 unspecified atom stereocenters. The monoisotopic (exact) mass is 219 g/mol. The summed E-state index contributed by atoms with van der Waals surface area (Å²) in [6, 6.07) is 0. The number of hydrogen-bond donors (Lipinski definition) is 1. The summed E-state index contributed by atoms with van der Waals surface area (Å²) in [5.74, 6) is 0. The van der Waals surface area contributed by atoms with Crippen LogP contribution in [0.5, 0.6) is 0 Å². The van der Waals surface area contributed by atoms with Gasteiger partial charge in [0, 0.05) is 9.49 Å². The Labute approximate surface area is 90.6 Å². The standard InChI is InChI=1S/C10H21NS2/c1-9(2)7-10(3,4)13-8(12-9)5-6-11/h8H,5-7,11H2,1-4H3. The molecule has 1 fully saturated rings. The van der Waals surface area contributed by atoms with E-state index in [0.29, 0.717) is 14.1 Å². The van der Waals surface area contributed by atoms with Crippen molar-refractivity contribution in [3.05, 3.63) is 0 Å². The van der Waals surface area contributed by atoms with Crippen LogP contribution in [0.15, 0.2) is 0 Å². The van der Waals surface area contributed by atoms with Gasteiger partial charge in [0.2, 0.25) is 0 Å². The SMILES string of the molecule is CC1(C)CC(C)(C)SC(CCN)S1. The Bertz CT molecular complexity index is 162. The van der Waals surface area contributed by atoms with E-state index in [0.717, 1.165) is 13.0 Å². The molecule has 0 atom stereocenters. The quantitative estimate of drug-likeness (QED) is 0.773. The average Bonchev–Trinajstić information content (AvgIpc) is 1.78. The molecule has 0 aliphatic carbocycles. The molecule has 1 aliphatic heterocycles. The van der Waals surface area contributed by atoms with E-state index in [2.05, 4.69) is 51.2 Å². The lowest BCUT2D eigenvalue weighted by molar-refractivity contribution is 0.531. The Morgan fingerprint density at radius 3 is 2.00 bits per heavy atom. The van der Waals surface area contributed by atoms with E-state index in [1.165, 1.54) is 6.42 Å². The number of nitrogens with two attached hydrogens (primary N) is 1. The zero-order valence-corrected chi connectivity index (χ0v) is 10.7. The van der Waals surface area contributed by atoms with Crippen LogP contribution in [-0.2, 0) is 0 Å². The molecule has 0 aromatic heterocycles. The summed E-state index contributed by atoms with van der Waals surface area (Å²) in [5, 5.41) is 0. The van der Waals surface area contributed by atoms with Crippen molar-refractivity contribution >= 4 is 23.5 Å². The van der Waals surface area contributed by atoms with Crippen molar-refractivity contribution in [1.82, 2.24) is 0 Å². The summed E-state index contributed by atoms with van der Waals surface area (Å²) in [5.41, 5.74) is 5.61. The van der Waals surface area contributed by atoms with Crippen LogP contribution in [0.4, 0.5) is 0 Å². The van der Waals surface area contributed by atoms with Crippen LogP contribution in [0.2, 0.25) is 0 Å². The van der Waals surface area contributed by atoms with Gasteiger partial charge in [-0.25, -0.2) is 0 Å². The third-order valence-electron chi connectivity index (χ3n) is 2.15. The third kappa shape index (κ3) is 3.72. The molecule has 1 saturated heterocycles. The number of hydrogen-bond acceptors (Lipinski definition) is 3. The Morgan fingerprint density at radius 1 is 1.15 bits per heavy atom. The molecule has 0 radical (unpaired) electrons. The minimum Gasteiger partial charge on any atom is -0.330 e. The molecule has 1 nitrogen and oxygen atoms in total. The van der Waals surface area contributed by atoms with Gasteiger partial charge in [0.15, 0.2) is 0 Å². The highest BCUT2D eigenvalue weighted by Gasteiger charge is 2.39. The van der Waals surface area contributed by atoms with E-state index in [1.807, 2.05) is 0 Å². The van der Waals surface area contributed by atoms with E-state index >= 15 is 0 Å². The molecule has 0 spiro atoms. The predicted octanol–water partition coefficient (Wildman–Crippen LogP) is 3.09. The molecule has 3 heteroatoms. The van der Waals surface area contributed by atoms with E-state index in [4.69, 9.17) is 5.73 Å². The molecule has 1 heterocycles. The van der Waals surface area contributed by atoms with Crippen molar-refractivity contribution in [3.8, 4) is 0 Å². The van der Waals surface area contributed by atoms with Crippen molar-refractivity contribution < 1.29 is 0 Å². The van der Waals surface area contributed by atoms with Crippen LogP contribution in [-0.4, -0.2) is 20.6 Å². The Hall–Kier alpha value is 0.660. The first kappa shape index (κ1) is 11.7. The molecule has 1 rings (SSSR count). The minimum absolute atomic E-state index is 0.425. The summed E-state index contributed by atoms with van der Waals surface area (Å²) in [7, 11) is 0. The number of thioether (sulfide) groups is 2. The predicted molar refractivity (Wildman–Crippen MR) is 65.4 cm³/mol. The van der Waals surface area contributed by atoms with Gasteiger partial charge in [0.05, 0.1) is 4.58 Å². The first-order valence-electron chi connectivity index (χ1n) is 4.90. The van der Waals surface area contributed by atoms with Crippen molar-refractivity contribution in [3.63, 3.8) is 0 Å². The topological polar surface area (TPSA) is 26.0 Å². The second-order valence-corrected chi connectivity index (χ2v) is 9.06. The van der Waals surface area contributed by atoms with E-state index in [1.54, 1.807) is 0 Å². The Balaban J connectivity index is 2.61. The molecule has 2 N–H and O–H groups in total. The highest BCUT2D eigenvalue weighted by atomic mass is 32.2. The summed E-state index contributed by atoms with van der Waals surface area (Å²) in [6.45, 7) is 10.2. The van der Waals surface area contributed by atoms with Gasteiger partial charge in [0.1, 0.15) is 0 Å². The maximum atomic E-state index is 5.61. The van der Waals surface area contributed by atoms with Crippen LogP contribution in [0.3, 0.4) is 0 Å². The summed E-state index contributed by atoms with van der Waals surface area (Å²) in [4.78, 5) is 0. The lowest BCUT2D eigenvalue weighted by atomic mass is 9.99. The van der Waals surface area contributed by atoms with E-state index < -0.39 is 0 Å². The molecule has 0 aromatic rings. The fourth-order valence-electron chi connectivity index (χ4n) is 2.10. The maximum absolute atomic E-state index is 5.61. The lowest BCUT2D eigenvalue weighted by Gasteiger charge is -2.44. The first-order chi connectivity index (χ1) is 5.85. The van der Waals surface area contributed by atoms with Crippen molar-refractivity contribution in [2.45, 2.75) is 54.6 Å². The molecule has 13 heavy (non-hydrogen) atoms. The van der Waals surface area contributed by atoms with Gasteiger partial charge in [-0.05, 0) is 19.4 Å². The smallest absolute Gasteiger partial charge is 0.0525 e. The molecule has 0 amide bonds. The Morgan fingerprint density at radius 2 is 1.62 bits per heavy atom. The maximum Gasteiger partial charge on any atom is 0.0525 e. The van der Waals surface area contributed by atoms with Gasteiger partial charge in [-0.15, -0.1) is 23.5 Å². The normalized spacial score (nSPS) is 27.5. The number of rotatable bonds is 2. The summed E-state index contributed by atoms with van der Waals surface area (Å²) >= 11 is 4.20. The van der Waals surface area contributed by atoms with Gasteiger partial charge in [-0.2, -0.15) is 0 Å². The van der Waals surface area contributed by atoms with Gasteiger partial charge in [0.25, 0.3) is 0 Å². The summed E-state index contributed by atoms with van der Waals surface area (Å²) < 4.78 is 1.55. The lowest BCUT2D eigenvalue weighted by Crippen LogP contribution is -2.36. The summed E-state index contributed by atoms with van der Waals surface area (Å²) in [6.07, 6.45) is 2.43. The van der Waals surface area contributed by atoms with Crippen LogP contribution in [0, 0.1) is 0 Å². The Kier molecular flexibility index (Phi) is 3.64. The van der Waals surface area contributed by atoms with Gasteiger partial charge < -0.3 is 5.73 Å². The highest BCUT2D eigenvalue weighted by molar-refractivity contribution is 8.18. The molecular formula is C10H21NS2. The first-order valence-corrected chi connectivity index (χ1v) is 6.66. The van der Waals surface area contributed by atoms with Gasteiger partial charge >= 0.3 is 0 Å². The molecular weight excluding hydrogens is 198 g/mol. The van der Waals surface area contributed by atoms with Crippen LogP contribution >= 0.6 is 23.5 Å². The molecule has 78 valence electrons. The van der Waals surface area contributed by atoms with Gasteiger partial charge in [-0.1, -0.05) is 27.7 Å². The van der Waals surface area contributed by atoms with Crippen LogP contribution < -0.4 is 5.73 Å². The fourth-order valence-corrected chi connectivity index (χ4v) is 6.76. The highest BCUT2D eigenvalue weighted by Crippen LogP contribution is 2.52. The zero-order valence-electron chi connectivity index (χ0n) is 9.09. The second-order valence-electron chi connectivity index (χ2n) is 4.94. The molecule has 0 bridgehead atoms. The van der Waals surface area contributed by atoms with Crippen LogP contribution in [0.25, 0.3) is 0 Å². The fraction of sp³-hybridized carbons (Fsp3) is 1.00. The zero-order chi connectivity index (χ0) is 10.1.